The summed E-state index contributed by atoms with van der Waals surface area (Å²) >= 11 is 1.74. The van der Waals surface area contributed by atoms with Crippen LogP contribution in [0.4, 0.5) is 0 Å². The van der Waals surface area contributed by atoms with Crippen LogP contribution in [-0.4, -0.2) is 16.5 Å². The van der Waals surface area contributed by atoms with Crippen LogP contribution in [0.5, 0.6) is 0 Å². The summed E-state index contributed by atoms with van der Waals surface area (Å²) in [6, 6.07) is 4.55. The Morgan fingerprint density at radius 2 is 2.17 bits per heavy atom. The average Bonchev–Trinajstić information content (AvgIpc) is 2.74. The standard InChI is InChI=1S/C14H19N3S/c1-4-15-13(8-14-17-11(3)9-18-14)12-5-6-16-10(2)7-12/h5-7,9,13,15H,4,8H2,1-3H3. The van der Waals surface area contributed by atoms with Crippen molar-refractivity contribution in [2.24, 2.45) is 0 Å². The number of nitrogens with one attached hydrogen (secondary N) is 1. The van der Waals surface area contributed by atoms with Gasteiger partial charge < -0.3 is 5.32 Å². The molecule has 0 spiro atoms. The minimum atomic E-state index is 0.322. The SMILES string of the molecule is CCNC(Cc1nc(C)cs1)c1ccnc(C)c1. The first kappa shape index (κ1) is 13.2. The summed E-state index contributed by atoms with van der Waals surface area (Å²) in [5.41, 5.74) is 3.46. The molecule has 0 aliphatic rings. The lowest BCUT2D eigenvalue weighted by molar-refractivity contribution is 0.547. The molecule has 0 radical (unpaired) electrons. The van der Waals surface area contributed by atoms with E-state index >= 15 is 0 Å². The van der Waals surface area contributed by atoms with E-state index in [0.29, 0.717) is 6.04 Å². The zero-order valence-corrected chi connectivity index (χ0v) is 11.9. The average molecular weight is 261 g/mol. The maximum atomic E-state index is 4.54. The highest BCUT2D eigenvalue weighted by molar-refractivity contribution is 7.09. The molecule has 1 unspecified atom stereocenters. The van der Waals surface area contributed by atoms with E-state index in [2.05, 4.69) is 39.7 Å². The molecule has 2 aromatic rings. The molecular weight excluding hydrogens is 242 g/mol. The van der Waals surface area contributed by atoms with E-state index in [9.17, 15) is 0 Å². The number of aryl methyl sites for hydroxylation is 2. The molecule has 0 saturated carbocycles. The molecule has 0 fully saturated rings. The van der Waals surface area contributed by atoms with Crippen LogP contribution in [0.2, 0.25) is 0 Å². The number of nitrogens with zero attached hydrogens (tertiary/aromatic N) is 2. The Bertz CT molecular complexity index is 507. The van der Waals surface area contributed by atoms with Crippen molar-refractivity contribution in [3.05, 3.63) is 45.7 Å². The largest absolute Gasteiger partial charge is 0.310 e. The van der Waals surface area contributed by atoms with Gasteiger partial charge >= 0.3 is 0 Å². The maximum Gasteiger partial charge on any atom is 0.0947 e. The second-order valence-electron chi connectivity index (χ2n) is 4.43. The Hall–Kier alpha value is -1.26. The van der Waals surface area contributed by atoms with Gasteiger partial charge in [-0.25, -0.2) is 4.98 Å². The van der Waals surface area contributed by atoms with Crippen LogP contribution in [-0.2, 0) is 6.42 Å². The molecule has 2 heterocycles. The van der Waals surface area contributed by atoms with Crippen LogP contribution in [0.15, 0.2) is 23.7 Å². The van der Waals surface area contributed by atoms with Gasteiger partial charge in [-0.3, -0.25) is 4.98 Å². The van der Waals surface area contributed by atoms with Crippen molar-refractivity contribution in [1.82, 2.24) is 15.3 Å². The molecule has 1 atom stereocenters. The van der Waals surface area contributed by atoms with Crippen LogP contribution in [0.25, 0.3) is 0 Å². The van der Waals surface area contributed by atoms with Crippen LogP contribution in [0, 0.1) is 13.8 Å². The number of thiazole rings is 1. The predicted molar refractivity (Wildman–Crippen MR) is 75.9 cm³/mol. The van der Waals surface area contributed by atoms with E-state index < -0.39 is 0 Å². The fraction of sp³-hybridized carbons (Fsp3) is 0.429. The van der Waals surface area contributed by atoms with E-state index in [-0.39, 0.29) is 0 Å². The number of likely N-dealkylation sites (N-methyl/N-ethyl adjacent to an activating group) is 1. The summed E-state index contributed by atoms with van der Waals surface area (Å²) in [6.07, 6.45) is 2.82. The lowest BCUT2D eigenvalue weighted by Crippen LogP contribution is -2.23. The molecule has 0 aromatic carbocycles. The van der Waals surface area contributed by atoms with Crippen molar-refractivity contribution in [2.45, 2.75) is 33.2 Å². The minimum Gasteiger partial charge on any atom is -0.310 e. The Kier molecular flexibility index (Phi) is 4.44. The fourth-order valence-electron chi connectivity index (χ4n) is 2.01. The number of rotatable bonds is 5. The molecular formula is C14H19N3S. The van der Waals surface area contributed by atoms with Crippen molar-refractivity contribution < 1.29 is 0 Å². The van der Waals surface area contributed by atoms with E-state index in [1.54, 1.807) is 11.3 Å². The van der Waals surface area contributed by atoms with Crippen LogP contribution in [0.3, 0.4) is 0 Å². The monoisotopic (exact) mass is 261 g/mol. The Labute approximate surface area is 112 Å². The van der Waals surface area contributed by atoms with E-state index in [4.69, 9.17) is 0 Å². The summed E-state index contributed by atoms with van der Waals surface area (Å²) < 4.78 is 0. The van der Waals surface area contributed by atoms with Crippen LogP contribution >= 0.6 is 11.3 Å². The van der Waals surface area contributed by atoms with Crippen molar-refractivity contribution in [2.75, 3.05) is 6.54 Å². The van der Waals surface area contributed by atoms with Crippen molar-refractivity contribution >= 4 is 11.3 Å². The Balaban J connectivity index is 2.17. The number of aromatic nitrogens is 2. The van der Waals surface area contributed by atoms with E-state index in [1.165, 1.54) is 10.6 Å². The van der Waals surface area contributed by atoms with Crippen LogP contribution in [0.1, 0.15) is 34.9 Å². The van der Waals surface area contributed by atoms with Crippen molar-refractivity contribution in [3.8, 4) is 0 Å². The molecule has 0 aliphatic carbocycles. The van der Waals surface area contributed by atoms with Crippen molar-refractivity contribution in [1.29, 1.82) is 0 Å². The van der Waals surface area contributed by atoms with Gasteiger partial charge in [-0.1, -0.05) is 6.92 Å². The van der Waals surface area contributed by atoms with E-state index in [0.717, 1.165) is 24.4 Å². The third-order valence-electron chi connectivity index (χ3n) is 2.82. The molecule has 1 N–H and O–H groups in total. The molecule has 4 heteroatoms. The summed E-state index contributed by atoms with van der Waals surface area (Å²) in [4.78, 5) is 8.80. The normalized spacial score (nSPS) is 12.6. The second-order valence-corrected chi connectivity index (χ2v) is 5.37. The smallest absolute Gasteiger partial charge is 0.0947 e. The van der Waals surface area contributed by atoms with Gasteiger partial charge in [-0.15, -0.1) is 11.3 Å². The number of hydrogen-bond acceptors (Lipinski definition) is 4. The molecule has 0 aliphatic heterocycles. The maximum absolute atomic E-state index is 4.54. The Morgan fingerprint density at radius 1 is 1.33 bits per heavy atom. The highest BCUT2D eigenvalue weighted by atomic mass is 32.1. The van der Waals surface area contributed by atoms with Gasteiger partial charge in [0.1, 0.15) is 0 Å². The first-order valence-electron chi connectivity index (χ1n) is 6.26. The van der Waals surface area contributed by atoms with Crippen LogP contribution < -0.4 is 5.32 Å². The zero-order valence-electron chi connectivity index (χ0n) is 11.1. The van der Waals surface area contributed by atoms with Crippen molar-refractivity contribution in [3.63, 3.8) is 0 Å². The molecule has 0 amide bonds. The summed E-state index contributed by atoms with van der Waals surface area (Å²) in [7, 11) is 0. The first-order chi connectivity index (χ1) is 8.69. The van der Waals surface area contributed by atoms with Gasteiger partial charge in [0.05, 0.1) is 5.01 Å². The minimum absolute atomic E-state index is 0.322. The Morgan fingerprint density at radius 3 is 2.78 bits per heavy atom. The highest BCUT2D eigenvalue weighted by Crippen LogP contribution is 2.20. The molecule has 0 saturated heterocycles. The lowest BCUT2D eigenvalue weighted by Gasteiger charge is -2.17. The summed E-state index contributed by atoms with van der Waals surface area (Å²) in [5, 5.41) is 6.82. The van der Waals surface area contributed by atoms with Gasteiger partial charge in [-0.2, -0.15) is 0 Å². The molecule has 18 heavy (non-hydrogen) atoms. The lowest BCUT2D eigenvalue weighted by atomic mass is 10.0. The molecule has 0 bridgehead atoms. The van der Waals surface area contributed by atoms with Gasteiger partial charge in [0.15, 0.2) is 0 Å². The second kappa shape index (κ2) is 6.07. The molecule has 2 rings (SSSR count). The molecule has 96 valence electrons. The fourth-order valence-corrected chi connectivity index (χ4v) is 2.83. The quantitative estimate of drug-likeness (QED) is 0.899. The highest BCUT2D eigenvalue weighted by Gasteiger charge is 2.13. The predicted octanol–water partition coefficient (Wildman–Crippen LogP) is 3.05. The molecule has 2 aromatic heterocycles. The van der Waals surface area contributed by atoms with Gasteiger partial charge in [-0.05, 0) is 38.1 Å². The topological polar surface area (TPSA) is 37.8 Å². The number of hydrogen-bond donors (Lipinski definition) is 1. The van der Waals surface area contributed by atoms with Gasteiger partial charge in [0.25, 0.3) is 0 Å². The number of pyridine rings is 1. The zero-order chi connectivity index (χ0) is 13.0. The van der Waals surface area contributed by atoms with Gasteiger partial charge in [0, 0.05) is 35.4 Å². The third kappa shape index (κ3) is 3.37. The van der Waals surface area contributed by atoms with Gasteiger partial charge in [0.2, 0.25) is 0 Å². The summed E-state index contributed by atoms with van der Waals surface area (Å²) in [5.74, 6) is 0. The summed E-state index contributed by atoms with van der Waals surface area (Å²) in [6.45, 7) is 7.16. The third-order valence-corrected chi connectivity index (χ3v) is 3.81. The first-order valence-corrected chi connectivity index (χ1v) is 7.14. The molecule has 3 nitrogen and oxygen atoms in total. The van der Waals surface area contributed by atoms with E-state index in [1.807, 2.05) is 20.0 Å².